The molecule has 0 atom stereocenters. The van der Waals surface area contributed by atoms with Gasteiger partial charge in [-0.1, -0.05) is 39.5 Å². The zero-order chi connectivity index (χ0) is 43.6. The fourth-order valence-corrected chi connectivity index (χ4v) is 9.57. The van der Waals surface area contributed by atoms with Crippen LogP contribution in [0, 0.1) is 11.8 Å². The highest BCUT2D eigenvalue weighted by Crippen LogP contribution is 2.33. The highest BCUT2D eigenvalue weighted by atomic mass is 35.5. The molecule has 0 saturated carbocycles. The van der Waals surface area contributed by atoms with E-state index in [2.05, 4.69) is 9.97 Å². The van der Waals surface area contributed by atoms with Crippen molar-refractivity contribution in [3.05, 3.63) is 92.6 Å². The molecule has 0 aliphatic heterocycles. The smallest absolute Gasteiger partial charge is 0.321 e. The number of aromatic nitrogens is 8. The summed E-state index contributed by atoms with van der Waals surface area (Å²) in [5.74, 6) is -0.553. The first-order valence-corrected chi connectivity index (χ1v) is 21.5. The van der Waals surface area contributed by atoms with E-state index in [0.717, 1.165) is 24.4 Å². The monoisotopic (exact) mass is 890 g/mol. The van der Waals surface area contributed by atoms with Crippen LogP contribution >= 0.6 is 46.0 Å². The minimum atomic E-state index is -0.517. The van der Waals surface area contributed by atoms with Crippen molar-refractivity contribution >= 4 is 78.3 Å². The Labute approximate surface area is 355 Å². The summed E-state index contributed by atoms with van der Waals surface area (Å²) in [6, 6.07) is 0. The zero-order valence-corrected chi connectivity index (χ0v) is 37.8. The van der Waals surface area contributed by atoms with Gasteiger partial charge in [0.2, 0.25) is 5.28 Å². The molecule has 2 amide bonds. The molecule has 0 saturated heterocycles. The molecule has 0 N–H and O–H groups in total. The zero-order valence-electron chi connectivity index (χ0n) is 34.6. The largest absolute Gasteiger partial charge is 0.331 e. The minimum Gasteiger partial charge on any atom is -0.321 e. The van der Waals surface area contributed by atoms with Gasteiger partial charge in [-0.2, -0.15) is 0 Å². The lowest BCUT2D eigenvalue weighted by atomic mass is 10.1. The number of thiophene rings is 2. The van der Waals surface area contributed by atoms with Crippen molar-refractivity contribution in [2.24, 2.45) is 25.9 Å². The van der Waals surface area contributed by atoms with Gasteiger partial charge in [-0.25, -0.2) is 29.7 Å². The van der Waals surface area contributed by atoms with Gasteiger partial charge in [-0.15, -0.1) is 22.7 Å². The van der Waals surface area contributed by atoms with E-state index in [4.69, 9.17) is 21.3 Å². The highest BCUT2D eigenvalue weighted by molar-refractivity contribution is 7.98. The lowest BCUT2D eigenvalue weighted by molar-refractivity contribution is -0.0756. The van der Waals surface area contributed by atoms with E-state index in [9.17, 15) is 28.8 Å². The van der Waals surface area contributed by atoms with Crippen LogP contribution in [0.15, 0.2) is 49.1 Å². The first-order chi connectivity index (χ1) is 27.9. The summed E-state index contributed by atoms with van der Waals surface area (Å²) in [6.45, 7) is 9.41. The van der Waals surface area contributed by atoms with E-state index < -0.39 is 28.6 Å². The molecule has 0 aliphatic carbocycles. The summed E-state index contributed by atoms with van der Waals surface area (Å²) >= 11 is 10.1. The number of nitrogens with zero attached hydrogens (tertiary/aromatic N) is 10. The van der Waals surface area contributed by atoms with Gasteiger partial charge in [0.15, 0.2) is 5.16 Å². The Morgan fingerprint density at radius 2 is 1.15 bits per heavy atom. The van der Waals surface area contributed by atoms with E-state index in [1.54, 1.807) is 32.3 Å². The van der Waals surface area contributed by atoms with Crippen LogP contribution in [0.4, 0.5) is 0 Å². The van der Waals surface area contributed by atoms with Crippen LogP contribution in [0.5, 0.6) is 0 Å². The van der Waals surface area contributed by atoms with Crippen molar-refractivity contribution in [1.82, 2.24) is 47.5 Å². The van der Waals surface area contributed by atoms with E-state index in [-0.39, 0.29) is 51.3 Å². The second-order valence-electron chi connectivity index (χ2n) is 14.3. The van der Waals surface area contributed by atoms with Crippen molar-refractivity contribution < 1.29 is 19.3 Å². The van der Waals surface area contributed by atoms with Crippen LogP contribution in [0.3, 0.4) is 0 Å². The Balaban J connectivity index is 0.000000224. The number of hydrogen-bond donors (Lipinski definition) is 0. The molecule has 0 radical (unpaired) electrons. The Morgan fingerprint density at radius 3 is 1.53 bits per heavy atom. The third kappa shape index (κ3) is 8.90. The van der Waals surface area contributed by atoms with Crippen LogP contribution in [0.1, 0.15) is 58.2 Å². The predicted octanol–water partition coefficient (Wildman–Crippen LogP) is 3.97. The summed E-state index contributed by atoms with van der Waals surface area (Å²) in [5, 5.41) is 3.64. The summed E-state index contributed by atoms with van der Waals surface area (Å²) in [5.41, 5.74) is -1.34. The number of rotatable bonds is 13. The fourth-order valence-electron chi connectivity index (χ4n) is 6.30. The molecule has 18 nitrogen and oxygen atoms in total. The summed E-state index contributed by atoms with van der Waals surface area (Å²) in [6.07, 6.45) is 8.66. The molecule has 59 heavy (non-hydrogen) atoms. The number of imidazole rings is 2. The molecule has 0 bridgehead atoms. The van der Waals surface area contributed by atoms with Gasteiger partial charge >= 0.3 is 11.4 Å². The van der Waals surface area contributed by atoms with Gasteiger partial charge in [0.05, 0.1) is 49.2 Å². The Hall–Kier alpha value is -4.80. The maximum atomic E-state index is 13.2. The first-order valence-electron chi connectivity index (χ1n) is 18.2. The molecule has 0 unspecified atom stereocenters. The third-order valence-electron chi connectivity index (χ3n) is 9.28. The van der Waals surface area contributed by atoms with Crippen molar-refractivity contribution in [2.45, 2.75) is 59.0 Å². The normalized spacial score (nSPS) is 11.6. The second-order valence-corrected chi connectivity index (χ2v) is 17.6. The molecule has 6 aromatic rings. The number of amides is 2. The summed E-state index contributed by atoms with van der Waals surface area (Å²) < 4.78 is 8.81. The lowest BCUT2D eigenvalue weighted by Gasteiger charge is -2.15. The molecule has 6 aromatic heterocycles. The molecular weight excluding hydrogens is 844 g/mol. The van der Waals surface area contributed by atoms with Gasteiger partial charge in [-0.3, -0.25) is 47.1 Å². The van der Waals surface area contributed by atoms with E-state index in [1.165, 1.54) is 76.8 Å². The summed E-state index contributed by atoms with van der Waals surface area (Å²) in [7, 11) is 8.57. The van der Waals surface area contributed by atoms with E-state index >= 15 is 0 Å². The van der Waals surface area contributed by atoms with Gasteiger partial charge < -0.3 is 9.13 Å². The summed E-state index contributed by atoms with van der Waals surface area (Å²) in [4.78, 5) is 98.6. The van der Waals surface area contributed by atoms with Crippen LogP contribution in [-0.4, -0.2) is 93.9 Å². The van der Waals surface area contributed by atoms with Crippen molar-refractivity contribution in [1.29, 1.82) is 0 Å². The van der Waals surface area contributed by atoms with Crippen LogP contribution in [0.2, 0.25) is 5.28 Å². The molecule has 0 aliphatic rings. The van der Waals surface area contributed by atoms with Crippen molar-refractivity contribution in [3.63, 3.8) is 0 Å². The average Bonchev–Trinajstić information content (AvgIpc) is 4.01. The number of carbonyl (C=O) groups excluding carboxylic acids is 2. The standard InChI is InChI=1S/C19H25N5O4S2.C18H22ClN5O4S/c1-11(2)9-24-17-14(15(25)21(3)19(24)27)13(16(26)22(4)28-5)12(30-17)10-23-8-7-20-18(23)29-6;1-10(2)8-24-16-13(14(25)21(3)18(24)27)12(15(26)22(4)28-5)11(29-16)9-23-7-6-20-17(23)19/h7-8,11H,9-10H2,1-6H3;6-7,10H,8-9H2,1-5H3. The number of hydroxylamine groups is 4. The minimum absolute atomic E-state index is 0.169. The maximum absolute atomic E-state index is 13.2. The first kappa shape index (κ1) is 45.3. The van der Waals surface area contributed by atoms with E-state index in [0.29, 0.717) is 39.0 Å². The molecular formula is C37H47ClN10O8S3. The topological polar surface area (TPSA) is 183 Å². The number of fused-ring (bicyclic) bond motifs is 2. The van der Waals surface area contributed by atoms with Crippen LogP contribution < -0.4 is 22.5 Å². The van der Waals surface area contributed by atoms with Crippen LogP contribution in [0.25, 0.3) is 20.4 Å². The fraction of sp³-hybridized carbons (Fsp3) is 0.459. The predicted molar refractivity (Wildman–Crippen MR) is 230 cm³/mol. The Kier molecular flexibility index (Phi) is 14.3. The maximum Gasteiger partial charge on any atom is 0.331 e. The third-order valence-corrected chi connectivity index (χ3v) is 12.7. The molecule has 0 fully saturated rings. The number of hydrogen-bond acceptors (Lipinski definition) is 13. The lowest BCUT2D eigenvalue weighted by Crippen LogP contribution is -2.39. The average molecular weight is 891 g/mol. The molecule has 22 heteroatoms. The van der Waals surface area contributed by atoms with Crippen molar-refractivity contribution in [3.8, 4) is 0 Å². The molecule has 6 heterocycles. The molecule has 318 valence electrons. The molecule has 0 aromatic carbocycles. The van der Waals surface area contributed by atoms with Gasteiger partial charge in [0.25, 0.3) is 22.9 Å². The van der Waals surface area contributed by atoms with E-state index in [1.807, 2.05) is 44.7 Å². The van der Waals surface area contributed by atoms with Gasteiger partial charge in [0, 0.05) is 75.8 Å². The SMILES string of the molecule is CON(C)C(=O)c1c(Cn2ccnc2Cl)sc2c1c(=O)n(C)c(=O)n2CC(C)C.CON(C)C(=O)c1c(Cn2ccnc2SC)sc2c1c(=O)n(C)c(=O)n2CC(C)C. The molecule has 6 rings (SSSR count). The number of thioether (sulfide) groups is 1. The highest BCUT2D eigenvalue weighted by Gasteiger charge is 2.30. The Bertz CT molecular complexity index is 2770. The second kappa shape index (κ2) is 18.6. The number of halogens is 1. The molecule has 0 spiro atoms. The van der Waals surface area contributed by atoms with Gasteiger partial charge in [0.1, 0.15) is 9.66 Å². The van der Waals surface area contributed by atoms with Crippen LogP contribution in [-0.2, 0) is 49.9 Å². The van der Waals surface area contributed by atoms with Gasteiger partial charge in [-0.05, 0) is 29.7 Å². The van der Waals surface area contributed by atoms with Crippen molar-refractivity contribution in [2.75, 3.05) is 34.6 Å². The quantitative estimate of drug-likeness (QED) is 0.121. The Morgan fingerprint density at radius 1 is 0.746 bits per heavy atom. The number of carbonyl (C=O) groups is 2.